The fraction of sp³-hybridized carbons (Fsp3) is 0.188. The molecule has 2 aromatic heterocycles. The van der Waals surface area contributed by atoms with Gasteiger partial charge in [0.15, 0.2) is 11.7 Å². The van der Waals surface area contributed by atoms with E-state index < -0.39 is 5.63 Å². The highest BCUT2D eigenvalue weighted by Crippen LogP contribution is 2.22. The summed E-state index contributed by atoms with van der Waals surface area (Å²) in [5.41, 5.74) is 1.53. The van der Waals surface area contributed by atoms with Crippen molar-refractivity contribution in [3.63, 3.8) is 0 Å². The van der Waals surface area contributed by atoms with Crippen LogP contribution in [0.2, 0.25) is 0 Å². The fourth-order valence-corrected chi connectivity index (χ4v) is 3.08. The molecule has 0 aliphatic heterocycles. The molecule has 24 heavy (non-hydrogen) atoms. The Kier molecular flexibility index (Phi) is 4.82. The van der Waals surface area contributed by atoms with Crippen molar-refractivity contribution in [3.05, 3.63) is 51.3 Å². The number of anilines is 1. The van der Waals surface area contributed by atoms with Crippen LogP contribution in [0, 0.1) is 6.92 Å². The number of aromatic nitrogens is 1. The van der Waals surface area contributed by atoms with Crippen molar-refractivity contribution in [2.45, 2.75) is 12.8 Å². The highest BCUT2D eigenvalue weighted by Gasteiger charge is 2.09. The van der Waals surface area contributed by atoms with Gasteiger partial charge in [-0.25, -0.2) is 9.78 Å². The van der Waals surface area contributed by atoms with E-state index in [1.54, 1.807) is 23.6 Å². The lowest BCUT2D eigenvalue weighted by Crippen LogP contribution is -2.20. The second kappa shape index (κ2) is 7.02. The van der Waals surface area contributed by atoms with Crippen LogP contribution in [0.5, 0.6) is 5.75 Å². The number of ether oxygens (including phenoxy) is 1. The van der Waals surface area contributed by atoms with Gasteiger partial charge in [-0.2, -0.15) is 0 Å². The zero-order valence-electron chi connectivity index (χ0n) is 12.7. The summed E-state index contributed by atoms with van der Waals surface area (Å²) in [6, 6.07) is 6.53. The normalized spacial score (nSPS) is 10.8. The second-order valence-corrected chi connectivity index (χ2v) is 6.15. The van der Waals surface area contributed by atoms with Crippen molar-refractivity contribution in [2.24, 2.45) is 0 Å². The zero-order chi connectivity index (χ0) is 17.1. The molecule has 3 aromatic rings. The van der Waals surface area contributed by atoms with Gasteiger partial charge in [0, 0.05) is 22.9 Å². The maximum Gasteiger partial charge on any atom is 0.336 e. The minimum absolute atomic E-state index is 0.183. The molecular weight excluding hydrogens is 352 g/mol. The Morgan fingerprint density at radius 2 is 2.25 bits per heavy atom. The van der Waals surface area contributed by atoms with E-state index in [1.807, 2.05) is 6.92 Å². The third kappa shape index (κ3) is 3.74. The van der Waals surface area contributed by atoms with Crippen molar-refractivity contribution in [1.29, 1.82) is 0 Å². The molecule has 0 saturated carbocycles. The summed E-state index contributed by atoms with van der Waals surface area (Å²) in [5, 5.41) is 5.70. The summed E-state index contributed by atoms with van der Waals surface area (Å²) >= 11 is 6.96. The molecule has 1 amide bonds. The fourth-order valence-electron chi connectivity index (χ4n) is 2.13. The van der Waals surface area contributed by atoms with Gasteiger partial charge in [0.1, 0.15) is 11.3 Å². The van der Waals surface area contributed by atoms with E-state index in [0.29, 0.717) is 28.0 Å². The Balaban J connectivity index is 1.66. The van der Waals surface area contributed by atoms with Crippen LogP contribution < -0.4 is 15.7 Å². The highest BCUT2D eigenvalue weighted by molar-refractivity contribution is 7.13. The highest BCUT2D eigenvalue weighted by atomic mass is 35.5. The first-order valence-electron chi connectivity index (χ1n) is 7.02. The number of aryl methyl sites for hydroxylation is 1. The van der Waals surface area contributed by atoms with E-state index >= 15 is 0 Å². The Morgan fingerprint density at radius 3 is 3.00 bits per heavy atom. The lowest BCUT2D eigenvalue weighted by atomic mass is 10.1. The molecule has 6 nitrogen and oxygen atoms in total. The zero-order valence-corrected chi connectivity index (χ0v) is 14.2. The molecule has 3 rings (SSSR count). The van der Waals surface area contributed by atoms with E-state index in [1.165, 1.54) is 17.4 Å². The van der Waals surface area contributed by atoms with Crippen LogP contribution >= 0.6 is 22.9 Å². The lowest BCUT2D eigenvalue weighted by Gasteiger charge is -2.07. The molecule has 1 N–H and O–H groups in total. The Labute approximate surface area is 146 Å². The maximum absolute atomic E-state index is 11.9. The molecule has 0 aliphatic carbocycles. The van der Waals surface area contributed by atoms with Crippen LogP contribution in [-0.2, 0) is 10.7 Å². The monoisotopic (exact) mass is 364 g/mol. The van der Waals surface area contributed by atoms with Crippen LogP contribution in [0.4, 0.5) is 5.13 Å². The van der Waals surface area contributed by atoms with Gasteiger partial charge in [0.05, 0.1) is 11.6 Å². The molecule has 0 bridgehead atoms. The van der Waals surface area contributed by atoms with E-state index in [9.17, 15) is 9.59 Å². The van der Waals surface area contributed by atoms with E-state index in [2.05, 4.69) is 10.3 Å². The molecule has 0 spiro atoms. The van der Waals surface area contributed by atoms with Crippen molar-refractivity contribution >= 4 is 44.9 Å². The topological polar surface area (TPSA) is 81.4 Å². The van der Waals surface area contributed by atoms with Crippen molar-refractivity contribution in [2.75, 3.05) is 11.9 Å². The van der Waals surface area contributed by atoms with Crippen LogP contribution in [-0.4, -0.2) is 17.5 Å². The summed E-state index contributed by atoms with van der Waals surface area (Å²) in [6.07, 6.45) is 0. The molecule has 0 radical (unpaired) electrons. The Hall–Kier alpha value is -2.38. The molecule has 0 atom stereocenters. The van der Waals surface area contributed by atoms with Crippen LogP contribution in [0.3, 0.4) is 0 Å². The van der Waals surface area contributed by atoms with Gasteiger partial charge < -0.3 is 9.15 Å². The number of alkyl halides is 1. The number of halogens is 1. The molecular formula is C16H13ClN2O4S. The minimum Gasteiger partial charge on any atom is -0.484 e. The van der Waals surface area contributed by atoms with E-state index in [0.717, 1.165) is 10.9 Å². The van der Waals surface area contributed by atoms with Crippen LogP contribution in [0.15, 0.2) is 38.9 Å². The molecule has 2 heterocycles. The average Bonchev–Trinajstić information content (AvgIpc) is 3.00. The summed E-state index contributed by atoms with van der Waals surface area (Å²) in [7, 11) is 0. The van der Waals surface area contributed by atoms with Gasteiger partial charge >= 0.3 is 5.63 Å². The van der Waals surface area contributed by atoms with Crippen molar-refractivity contribution in [3.8, 4) is 5.75 Å². The average molecular weight is 365 g/mol. The first kappa shape index (κ1) is 16.5. The molecule has 0 aliphatic rings. The van der Waals surface area contributed by atoms with Gasteiger partial charge in [0.2, 0.25) is 0 Å². The number of hydrogen-bond donors (Lipinski definition) is 1. The van der Waals surface area contributed by atoms with Gasteiger partial charge in [-0.1, -0.05) is 0 Å². The number of thiazole rings is 1. The van der Waals surface area contributed by atoms with Gasteiger partial charge in [-0.05, 0) is 24.6 Å². The smallest absolute Gasteiger partial charge is 0.336 e. The summed E-state index contributed by atoms with van der Waals surface area (Å²) in [4.78, 5) is 27.4. The number of carbonyl (C=O) groups is 1. The lowest BCUT2D eigenvalue weighted by molar-refractivity contribution is -0.118. The molecule has 0 unspecified atom stereocenters. The number of carbonyl (C=O) groups excluding carboxylic acids is 1. The number of nitrogens with one attached hydrogen (secondary N) is 1. The Morgan fingerprint density at radius 1 is 1.42 bits per heavy atom. The first-order valence-corrected chi connectivity index (χ1v) is 8.44. The SMILES string of the molecule is Cc1cc(=O)oc2cc(OCC(=O)Nc3nc(CCl)cs3)ccc12. The van der Waals surface area contributed by atoms with E-state index in [4.69, 9.17) is 20.8 Å². The quantitative estimate of drug-likeness (QED) is 0.554. The van der Waals surface area contributed by atoms with Crippen molar-refractivity contribution < 1.29 is 13.9 Å². The third-order valence-electron chi connectivity index (χ3n) is 3.23. The largest absolute Gasteiger partial charge is 0.484 e. The van der Waals surface area contributed by atoms with Crippen LogP contribution in [0.1, 0.15) is 11.3 Å². The van der Waals surface area contributed by atoms with Gasteiger partial charge in [0.25, 0.3) is 5.91 Å². The van der Waals surface area contributed by atoms with Gasteiger partial charge in [-0.15, -0.1) is 22.9 Å². The standard InChI is InChI=1S/C16H13ClN2O4S/c1-9-4-15(21)23-13-5-11(2-3-12(9)13)22-7-14(20)19-16-18-10(6-17)8-24-16/h2-5,8H,6-7H2,1H3,(H,18,19,20). The predicted molar refractivity (Wildman–Crippen MR) is 93.0 cm³/mol. The number of nitrogens with zero attached hydrogens (tertiary/aromatic N) is 1. The molecule has 0 fully saturated rings. The minimum atomic E-state index is -0.422. The molecule has 124 valence electrons. The number of amides is 1. The summed E-state index contributed by atoms with van der Waals surface area (Å²) in [5.74, 6) is 0.396. The second-order valence-electron chi connectivity index (χ2n) is 5.02. The number of benzene rings is 1. The van der Waals surface area contributed by atoms with Crippen LogP contribution in [0.25, 0.3) is 11.0 Å². The molecule has 8 heteroatoms. The number of fused-ring (bicyclic) bond motifs is 1. The number of hydrogen-bond acceptors (Lipinski definition) is 6. The Bertz CT molecular complexity index is 951. The molecule has 0 saturated heterocycles. The van der Waals surface area contributed by atoms with E-state index in [-0.39, 0.29) is 12.5 Å². The summed E-state index contributed by atoms with van der Waals surface area (Å²) in [6.45, 7) is 1.65. The predicted octanol–water partition coefficient (Wildman–Crippen LogP) is 3.31. The third-order valence-corrected chi connectivity index (χ3v) is 4.31. The molecule has 1 aromatic carbocycles. The van der Waals surface area contributed by atoms with Gasteiger partial charge in [-0.3, -0.25) is 10.1 Å². The maximum atomic E-state index is 11.9. The van der Waals surface area contributed by atoms with Crippen molar-refractivity contribution in [1.82, 2.24) is 4.98 Å². The summed E-state index contributed by atoms with van der Waals surface area (Å²) < 4.78 is 10.6. The first-order chi connectivity index (χ1) is 11.5. The number of rotatable bonds is 5.